The minimum Gasteiger partial charge on any atom is -0.497 e. The molecule has 142 valence electrons. The van der Waals surface area contributed by atoms with E-state index in [1.807, 2.05) is 24.3 Å². The summed E-state index contributed by atoms with van der Waals surface area (Å²) in [5.41, 5.74) is 4.48. The van der Waals surface area contributed by atoms with Crippen LogP contribution in [0.1, 0.15) is 11.1 Å². The second-order valence-electron chi connectivity index (χ2n) is 7.19. The number of benzene rings is 5. The zero-order valence-corrected chi connectivity index (χ0v) is 16.7. The predicted octanol–water partition coefficient (Wildman–Crippen LogP) is 7.07. The molecule has 0 amide bonds. The third kappa shape index (κ3) is 3.19. The molecule has 1 heteroatoms. The SMILES string of the molecule is COc1cccc(C#Cc2c3ccccc3c(-c3ccccc3)c3ccccc23)c1. The number of ether oxygens (including phenoxy) is 1. The van der Waals surface area contributed by atoms with Crippen molar-refractivity contribution in [3.8, 4) is 28.7 Å². The van der Waals surface area contributed by atoms with Crippen molar-refractivity contribution < 1.29 is 4.74 Å². The Balaban J connectivity index is 1.83. The Morgan fingerprint density at radius 3 is 1.80 bits per heavy atom. The van der Waals surface area contributed by atoms with Gasteiger partial charge in [0.1, 0.15) is 5.75 Å². The standard InChI is InChI=1S/C29H20O/c1-30-23-13-9-10-21(20-23)18-19-26-24-14-5-7-16-27(24)29(22-11-3-2-4-12-22)28-17-8-6-15-25(26)28/h2-17,20H,1H3. The molecular formula is C29H20O. The van der Waals surface area contributed by atoms with E-state index < -0.39 is 0 Å². The number of fused-ring (bicyclic) bond motifs is 2. The van der Waals surface area contributed by atoms with Gasteiger partial charge in [0.05, 0.1) is 7.11 Å². The van der Waals surface area contributed by atoms with E-state index in [-0.39, 0.29) is 0 Å². The van der Waals surface area contributed by atoms with E-state index in [4.69, 9.17) is 4.74 Å². The Kier molecular flexibility index (Phi) is 4.68. The molecule has 0 aromatic heterocycles. The molecule has 0 aliphatic heterocycles. The first kappa shape index (κ1) is 18.0. The van der Waals surface area contributed by atoms with Crippen LogP contribution in [-0.2, 0) is 0 Å². The number of hydrogen-bond donors (Lipinski definition) is 0. The van der Waals surface area contributed by atoms with Crippen molar-refractivity contribution in [1.82, 2.24) is 0 Å². The van der Waals surface area contributed by atoms with Crippen LogP contribution < -0.4 is 4.74 Å². The largest absolute Gasteiger partial charge is 0.497 e. The number of hydrogen-bond acceptors (Lipinski definition) is 1. The van der Waals surface area contributed by atoms with E-state index >= 15 is 0 Å². The maximum atomic E-state index is 5.34. The van der Waals surface area contributed by atoms with Crippen LogP contribution in [0.3, 0.4) is 0 Å². The molecule has 0 bridgehead atoms. The highest BCUT2D eigenvalue weighted by Crippen LogP contribution is 2.38. The van der Waals surface area contributed by atoms with Gasteiger partial charge in [0, 0.05) is 11.1 Å². The van der Waals surface area contributed by atoms with Gasteiger partial charge in [0.2, 0.25) is 0 Å². The Hall–Kier alpha value is -4.02. The molecule has 0 saturated carbocycles. The van der Waals surface area contributed by atoms with E-state index in [0.717, 1.165) is 16.9 Å². The maximum absolute atomic E-state index is 5.34. The van der Waals surface area contributed by atoms with Gasteiger partial charge in [-0.3, -0.25) is 0 Å². The molecule has 0 heterocycles. The number of rotatable bonds is 2. The average molecular weight is 384 g/mol. The zero-order chi connectivity index (χ0) is 20.3. The van der Waals surface area contributed by atoms with Crippen molar-refractivity contribution in [2.75, 3.05) is 7.11 Å². The molecular weight excluding hydrogens is 364 g/mol. The van der Waals surface area contributed by atoms with Crippen molar-refractivity contribution in [3.05, 3.63) is 114 Å². The van der Waals surface area contributed by atoms with Crippen LogP contribution in [-0.4, -0.2) is 7.11 Å². The van der Waals surface area contributed by atoms with Gasteiger partial charge >= 0.3 is 0 Å². The second kappa shape index (κ2) is 7.78. The van der Waals surface area contributed by atoms with Gasteiger partial charge in [-0.05, 0) is 50.9 Å². The van der Waals surface area contributed by atoms with E-state index in [0.29, 0.717) is 0 Å². The molecule has 5 aromatic rings. The fourth-order valence-electron chi connectivity index (χ4n) is 4.01. The molecule has 30 heavy (non-hydrogen) atoms. The Morgan fingerprint density at radius 1 is 0.567 bits per heavy atom. The molecule has 0 unspecified atom stereocenters. The molecule has 0 spiro atoms. The lowest BCUT2D eigenvalue weighted by Crippen LogP contribution is -1.90. The van der Waals surface area contributed by atoms with Gasteiger partial charge in [-0.2, -0.15) is 0 Å². The van der Waals surface area contributed by atoms with Crippen LogP contribution >= 0.6 is 0 Å². The molecule has 0 aliphatic rings. The van der Waals surface area contributed by atoms with Crippen LogP contribution in [0.25, 0.3) is 32.7 Å². The predicted molar refractivity (Wildman–Crippen MR) is 126 cm³/mol. The van der Waals surface area contributed by atoms with E-state index in [1.165, 1.54) is 32.7 Å². The van der Waals surface area contributed by atoms with Crippen LogP contribution in [0.4, 0.5) is 0 Å². The fraction of sp³-hybridized carbons (Fsp3) is 0.0345. The van der Waals surface area contributed by atoms with Crippen molar-refractivity contribution in [1.29, 1.82) is 0 Å². The molecule has 0 fully saturated rings. The lowest BCUT2D eigenvalue weighted by atomic mass is 9.88. The molecule has 0 aliphatic carbocycles. The molecule has 1 nitrogen and oxygen atoms in total. The first-order chi connectivity index (χ1) is 14.8. The molecule has 0 atom stereocenters. The summed E-state index contributed by atoms with van der Waals surface area (Å²) in [5.74, 6) is 7.64. The third-order valence-electron chi connectivity index (χ3n) is 5.40. The lowest BCUT2D eigenvalue weighted by Gasteiger charge is -2.14. The average Bonchev–Trinajstić information content (AvgIpc) is 2.82. The van der Waals surface area contributed by atoms with Crippen molar-refractivity contribution >= 4 is 21.5 Å². The summed E-state index contributed by atoms with van der Waals surface area (Å²) in [4.78, 5) is 0. The molecule has 5 aromatic carbocycles. The van der Waals surface area contributed by atoms with E-state index in [2.05, 4.69) is 90.7 Å². The molecule has 0 saturated heterocycles. The maximum Gasteiger partial charge on any atom is 0.120 e. The van der Waals surface area contributed by atoms with Crippen LogP contribution in [0.15, 0.2) is 103 Å². The second-order valence-corrected chi connectivity index (χ2v) is 7.19. The summed E-state index contributed by atoms with van der Waals surface area (Å²) < 4.78 is 5.34. The summed E-state index contributed by atoms with van der Waals surface area (Å²) in [7, 11) is 1.68. The number of methoxy groups -OCH3 is 1. The van der Waals surface area contributed by atoms with Crippen LogP contribution in [0.2, 0.25) is 0 Å². The monoisotopic (exact) mass is 384 g/mol. The highest BCUT2D eigenvalue weighted by atomic mass is 16.5. The fourth-order valence-corrected chi connectivity index (χ4v) is 4.01. The highest BCUT2D eigenvalue weighted by Gasteiger charge is 2.13. The molecule has 0 radical (unpaired) electrons. The Bertz CT molecular complexity index is 1360. The Labute approximate surface area is 176 Å². The first-order valence-electron chi connectivity index (χ1n) is 10.00. The topological polar surface area (TPSA) is 9.23 Å². The van der Waals surface area contributed by atoms with E-state index in [1.54, 1.807) is 7.11 Å². The summed E-state index contributed by atoms with van der Waals surface area (Å²) in [6, 6.07) is 35.6. The van der Waals surface area contributed by atoms with Gasteiger partial charge < -0.3 is 4.74 Å². The van der Waals surface area contributed by atoms with Gasteiger partial charge in [-0.25, -0.2) is 0 Å². The van der Waals surface area contributed by atoms with E-state index in [9.17, 15) is 0 Å². The van der Waals surface area contributed by atoms with Crippen LogP contribution in [0, 0.1) is 11.8 Å². The third-order valence-corrected chi connectivity index (χ3v) is 5.40. The summed E-state index contributed by atoms with van der Waals surface area (Å²) in [6.45, 7) is 0. The van der Waals surface area contributed by atoms with Crippen LogP contribution in [0.5, 0.6) is 5.75 Å². The summed E-state index contributed by atoms with van der Waals surface area (Å²) in [5, 5.41) is 4.78. The van der Waals surface area contributed by atoms with Crippen molar-refractivity contribution in [2.45, 2.75) is 0 Å². The lowest BCUT2D eigenvalue weighted by molar-refractivity contribution is 0.414. The van der Waals surface area contributed by atoms with Crippen molar-refractivity contribution in [2.24, 2.45) is 0 Å². The minimum atomic E-state index is 0.816. The summed E-state index contributed by atoms with van der Waals surface area (Å²) in [6.07, 6.45) is 0. The smallest absolute Gasteiger partial charge is 0.120 e. The molecule has 0 N–H and O–H groups in total. The quantitative estimate of drug-likeness (QED) is 0.234. The Morgan fingerprint density at radius 2 is 1.17 bits per heavy atom. The first-order valence-corrected chi connectivity index (χ1v) is 10.00. The zero-order valence-electron chi connectivity index (χ0n) is 16.7. The van der Waals surface area contributed by atoms with Gasteiger partial charge in [-0.15, -0.1) is 0 Å². The van der Waals surface area contributed by atoms with Gasteiger partial charge in [-0.1, -0.05) is 96.8 Å². The summed E-state index contributed by atoms with van der Waals surface area (Å²) >= 11 is 0. The van der Waals surface area contributed by atoms with Gasteiger partial charge in [0.15, 0.2) is 0 Å². The van der Waals surface area contributed by atoms with Crippen molar-refractivity contribution in [3.63, 3.8) is 0 Å². The molecule has 5 rings (SSSR count). The normalized spacial score (nSPS) is 10.6. The highest BCUT2D eigenvalue weighted by molar-refractivity contribution is 6.16. The van der Waals surface area contributed by atoms with Gasteiger partial charge in [0.25, 0.3) is 0 Å². The minimum absolute atomic E-state index is 0.816.